The molecule has 1 saturated carbocycles. The van der Waals surface area contributed by atoms with Crippen LogP contribution in [0.2, 0.25) is 0 Å². The number of hydrogen-bond acceptors (Lipinski definition) is 5. The van der Waals surface area contributed by atoms with Gasteiger partial charge in [0, 0.05) is 23.7 Å². The van der Waals surface area contributed by atoms with Gasteiger partial charge in [-0.2, -0.15) is 0 Å². The lowest BCUT2D eigenvalue weighted by Crippen LogP contribution is -2.51. The van der Waals surface area contributed by atoms with Crippen LogP contribution in [0, 0.1) is 11.8 Å². The first kappa shape index (κ1) is 23.2. The molecule has 0 aliphatic heterocycles. The summed E-state index contributed by atoms with van der Waals surface area (Å²) in [4.78, 5) is 23.8. The second kappa shape index (κ2) is 11.3. The first-order chi connectivity index (χ1) is 15.5. The van der Waals surface area contributed by atoms with E-state index in [9.17, 15) is 14.7 Å². The maximum Gasteiger partial charge on any atom is 0.268 e. The smallest absolute Gasteiger partial charge is 0.268 e. The van der Waals surface area contributed by atoms with Gasteiger partial charge in [-0.15, -0.1) is 0 Å². The lowest BCUT2D eigenvalue weighted by atomic mass is 10.1. The highest BCUT2D eigenvalue weighted by Crippen LogP contribution is 2.19. The van der Waals surface area contributed by atoms with E-state index in [0.29, 0.717) is 11.6 Å². The molecule has 1 unspecified atom stereocenters. The number of allylic oxidation sites excluding steroid dienone is 1. The van der Waals surface area contributed by atoms with Crippen LogP contribution in [0.3, 0.4) is 0 Å². The second-order valence-corrected chi connectivity index (χ2v) is 7.74. The van der Waals surface area contributed by atoms with Crippen LogP contribution in [0.5, 0.6) is 0 Å². The number of rotatable bonds is 8. The predicted molar refractivity (Wildman–Crippen MR) is 122 cm³/mol. The monoisotopic (exact) mass is 433 g/mol. The molecule has 0 aromatic heterocycles. The molecular formula is C25H27N3O4. The van der Waals surface area contributed by atoms with Crippen molar-refractivity contribution < 1.29 is 19.9 Å². The average molecular weight is 434 g/mol. The third kappa shape index (κ3) is 7.06. The van der Waals surface area contributed by atoms with Gasteiger partial charge in [0.05, 0.1) is 6.10 Å². The Kier molecular flexibility index (Phi) is 8.17. The molecule has 2 amide bonds. The number of aliphatic hydroxyl groups is 1. The minimum Gasteiger partial charge on any atom is -0.391 e. The third-order valence-electron chi connectivity index (χ3n) is 5.04. The molecule has 0 bridgehead atoms. The molecule has 0 radical (unpaired) electrons. The summed E-state index contributed by atoms with van der Waals surface area (Å²) in [6, 6.07) is 14.3. The van der Waals surface area contributed by atoms with Crippen LogP contribution in [0.4, 0.5) is 0 Å². The average Bonchev–Trinajstić information content (AvgIpc) is 3.64. The molecule has 1 aliphatic carbocycles. The van der Waals surface area contributed by atoms with Crippen LogP contribution < -0.4 is 16.1 Å². The summed E-state index contributed by atoms with van der Waals surface area (Å²) in [5, 5.41) is 24.2. The molecule has 2 aromatic rings. The molecule has 2 aromatic carbocycles. The Balaban J connectivity index is 1.53. The van der Waals surface area contributed by atoms with Crippen LogP contribution in [-0.2, 0) is 11.3 Å². The van der Waals surface area contributed by atoms with Crippen molar-refractivity contribution in [2.75, 3.05) is 0 Å². The Labute approximate surface area is 187 Å². The number of aliphatic hydroxyl groups excluding tert-OH is 1. The van der Waals surface area contributed by atoms with Crippen molar-refractivity contribution in [2.45, 2.75) is 44.5 Å². The van der Waals surface area contributed by atoms with Gasteiger partial charge in [-0.3, -0.25) is 14.8 Å². The summed E-state index contributed by atoms with van der Waals surface area (Å²) in [6.45, 7) is 2.23. The van der Waals surface area contributed by atoms with E-state index in [2.05, 4.69) is 34.6 Å². The van der Waals surface area contributed by atoms with E-state index < -0.39 is 24.0 Å². The molecule has 1 fully saturated rings. The van der Waals surface area contributed by atoms with Gasteiger partial charge in [0.25, 0.3) is 11.8 Å². The van der Waals surface area contributed by atoms with E-state index in [1.807, 2.05) is 18.2 Å². The summed E-state index contributed by atoms with van der Waals surface area (Å²) < 4.78 is 0. The molecule has 7 heteroatoms. The van der Waals surface area contributed by atoms with E-state index in [-0.39, 0.29) is 0 Å². The molecular weight excluding hydrogens is 406 g/mol. The van der Waals surface area contributed by atoms with Gasteiger partial charge in [0.1, 0.15) is 6.04 Å². The van der Waals surface area contributed by atoms with Gasteiger partial charge in [-0.05, 0) is 67.3 Å². The van der Waals surface area contributed by atoms with Gasteiger partial charge in [-0.1, -0.05) is 36.1 Å². The summed E-state index contributed by atoms with van der Waals surface area (Å²) in [6.07, 6.45) is 4.96. The van der Waals surface area contributed by atoms with E-state index in [1.54, 1.807) is 30.3 Å². The number of amides is 2. The summed E-state index contributed by atoms with van der Waals surface area (Å²) in [5.41, 5.74) is 4.80. The zero-order valence-corrected chi connectivity index (χ0v) is 17.8. The standard InChI is InChI=1S/C25H27N3O4/c1-17(29)23(25(31)28-32)27-24(30)21-12-10-19(11-13-21)5-3-2-4-18-6-8-20(9-7-18)16-26-22-14-15-22/h3,5-13,17,22-23,26,29,32H,14-16H2,1H3,(H,27,30)(H,28,31)/b5-3+/t17-,23?/m0/s1. The van der Waals surface area contributed by atoms with Crippen molar-refractivity contribution in [2.24, 2.45) is 0 Å². The van der Waals surface area contributed by atoms with Gasteiger partial charge in [0.15, 0.2) is 0 Å². The Morgan fingerprint density at radius 1 is 1.12 bits per heavy atom. The highest BCUT2D eigenvalue weighted by molar-refractivity contribution is 5.97. The fourth-order valence-electron chi connectivity index (χ4n) is 2.96. The Bertz CT molecular complexity index is 1010. The number of benzene rings is 2. The van der Waals surface area contributed by atoms with Crippen molar-refractivity contribution in [3.63, 3.8) is 0 Å². The quantitative estimate of drug-likeness (QED) is 0.248. The number of carbonyl (C=O) groups excluding carboxylic acids is 2. The second-order valence-electron chi connectivity index (χ2n) is 7.74. The maximum absolute atomic E-state index is 12.3. The minimum atomic E-state index is -1.26. The predicted octanol–water partition coefficient (Wildman–Crippen LogP) is 1.99. The number of hydrogen-bond donors (Lipinski definition) is 5. The summed E-state index contributed by atoms with van der Waals surface area (Å²) in [5.74, 6) is 4.67. The van der Waals surface area contributed by atoms with Crippen molar-refractivity contribution in [3.05, 3.63) is 76.9 Å². The Morgan fingerprint density at radius 2 is 1.81 bits per heavy atom. The molecule has 3 rings (SSSR count). The van der Waals surface area contributed by atoms with Crippen LogP contribution in [0.25, 0.3) is 6.08 Å². The van der Waals surface area contributed by atoms with Gasteiger partial charge >= 0.3 is 0 Å². The molecule has 32 heavy (non-hydrogen) atoms. The molecule has 1 aliphatic rings. The van der Waals surface area contributed by atoms with Crippen molar-refractivity contribution >= 4 is 17.9 Å². The van der Waals surface area contributed by atoms with Crippen molar-refractivity contribution in [1.82, 2.24) is 16.1 Å². The molecule has 166 valence electrons. The number of hydroxylamine groups is 1. The zero-order valence-electron chi connectivity index (χ0n) is 17.8. The molecule has 2 atom stereocenters. The lowest BCUT2D eigenvalue weighted by molar-refractivity contribution is -0.133. The van der Waals surface area contributed by atoms with Gasteiger partial charge in [-0.25, -0.2) is 5.48 Å². The summed E-state index contributed by atoms with van der Waals surface area (Å²) in [7, 11) is 0. The number of nitrogens with one attached hydrogen (secondary N) is 3. The van der Waals surface area contributed by atoms with Crippen LogP contribution in [-0.4, -0.2) is 40.3 Å². The minimum absolute atomic E-state index is 0.320. The Hall–Kier alpha value is -3.44. The first-order valence-corrected chi connectivity index (χ1v) is 10.5. The van der Waals surface area contributed by atoms with Crippen LogP contribution in [0.1, 0.15) is 46.8 Å². The fourth-order valence-corrected chi connectivity index (χ4v) is 2.96. The van der Waals surface area contributed by atoms with Crippen molar-refractivity contribution in [1.29, 1.82) is 0 Å². The highest BCUT2D eigenvalue weighted by Gasteiger charge is 2.25. The molecule has 0 spiro atoms. The fraction of sp³-hybridized carbons (Fsp3) is 0.280. The van der Waals surface area contributed by atoms with E-state index in [1.165, 1.54) is 30.8 Å². The van der Waals surface area contributed by atoms with Gasteiger partial charge < -0.3 is 15.7 Å². The van der Waals surface area contributed by atoms with E-state index in [0.717, 1.165) is 17.7 Å². The van der Waals surface area contributed by atoms with Crippen molar-refractivity contribution in [3.8, 4) is 11.8 Å². The first-order valence-electron chi connectivity index (χ1n) is 10.5. The van der Waals surface area contributed by atoms with Gasteiger partial charge in [0.2, 0.25) is 0 Å². The molecule has 5 N–H and O–H groups in total. The van der Waals surface area contributed by atoms with E-state index >= 15 is 0 Å². The Morgan fingerprint density at radius 3 is 2.41 bits per heavy atom. The molecule has 0 saturated heterocycles. The normalized spacial score (nSPS) is 14.8. The largest absolute Gasteiger partial charge is 0.391 e. The third-order valence-corrected chi connectivity index (χ3v) is 5.04. The SMILES string of the molecule is C[C@H](O)C(NC(=O)c1ccc(/C=C/C#Cc2ccc(CNC3CC3)cc2)cc1)C(=O)NO. The number of carbonyl (C=O) groups is 2. The maximum atomic E-state index is 12.3. The lowest BCUT2D eigenvalue weighted by Gasteiger charge is -2.19. The van der Waals surface area contributed by atoms with E-state index in [4.69, 9.17) is 5.21 Å². The highest BCUT2D eigenvalue weighted by atomic mass is 16.5. The summed E-state index contributed by atoms with van der Waals surface area (Å²) >= 11 is 0. The molecule has 0 heterocycles. The topological polar surface area (TPSA) is 111 Å². The van der Waals surface area contributed by atoms with Crippen LogP contribution in [0.15, 0.2) is 54.6 Å². The zero-order chi connectivity index (χ0) is 22.9. The van der Waals surface area contributed by atoms with Crippen LogP contribution >= 0.6 is 0 Å². The molecule has 7 nitrogen and oxygen atoms in total.